The molecule has 33 heavy (non-hydrogen) atoms. The number of esters is 1. The largest absolute Gasteiger partial charge is 0.483 e. The first-order valence-electron chi connectivity index (χ1n) is 10.5. The van der Waals surface area contributed by atoms with E-state index < -0.39 is 5.97 Å². The van der Waals surface area contributed by atoms with Crippen molar-refractivity contribution in [3.05, 3.63) is 93.5 Å². The molecule has 0 saturated carbocycles. The first-order chi connectivity index (χ1) is 15.8. The fraction of sp³-hybridized carbons (Fsp3) is 0.192. The van der Waals surface area contributed by atoms with Crippen molar-refractivity contribution in [1.82, 2.24) is 5.43 Å². The van der Waals surface area contributed by atoms with Gasteiger partial charge in [-0.25, -0.2) is 10.2 Å². The SMILES string of the molecule is Cc1ccc(C(C)C)c(OCC(=O)N/N=C\c2cccc(OC(=O)c3ccccc3Br)c2)c1. The Hall–Kier alpha value is -3.45. The maximum absolute atomic E-state index is 12.4. The van der Waals surface area contributed by atoms with Crippen LogP contribution >= 0.6 is 15.9 Å². The Balaban J connectivity index is 1.55. The zero-order valence-electron chi connectivity index (χ0n) is 18.7. The zero-order valence-corrected chi connectivity index (χ0v) is 20.3. The molecule has 1 amide bonds. The van der Waals surface area contributed by atoms with Crippen LogP contribution in [0.1, 0.15) is 46.8 Å². The number of ether oxygens (including phenoxy) is 2. The van der Waals surface area contributed by atoms with Crippen molar-refractivity contribution in [2.24, 2.45) is 5.10 Å². The van der Waals surface area contributed by atoms with Gasteiger partial charge in [0.05, 0.1) is 11.8 Å². The van der Waals surface area contributed by atoms with Crippen LogP contribution in [-0.2, 0) is 4.79 Å². The Labute approximate surface area is 201 Å². The van der Waals surface area contributed by atoms with E-state index in [1.165, 1.54) is 6.21 Å². The smallest absolute Gasteiger partial charge is 0.344 e. The molecule has 0 fully saturated rings. The van der Waals surface area contributed by atoms with Gasteiger partial charge >= 0.3 is 5.97 Å². The highest BCUT2D eigenvalue weighted by atomic mass is 79.9. The lowest BCUT2D eigenvalue weighted by Gasteiger charge is -2.14. The number of carbonyl (C=O) groups excluding carboxylic acids is 2. The quantitative estimate of drug-likeness (QED) is 0.185. The fourth-order valence-electron chi connectivity index (χ4n) is 3.05. The fourth-order valence-corrected chi connectivity index (χ4v) is 3.49. The molecule has 0 unspecified atom stereocenters. The van der Waals surface area contributed by atoms with E-state index in [0.29, 0.717) is 27.1 Å². The maximum Gasteiger partial charge on any atom is 0.344 e. The summed E-state index contributed by atoms with van der Waals surface area (Å²) in [6, 6.07) is 19.8. The Morgan fingerprint density at radius 1 is 1.06 bits per heavy atom. The minimum Gasteiger partial charge on any atom is -0.483 e. The van der Waals surface area contributed by atoms with Gasteiger partial charge in [0.2, 0.25) is 0 Å². The molecule has 0 spiro atoms. The highest BCUT2D eigenvalue weighted by Crippen LogP contribution is 2.27. The number of hydrogen-bond donors (Lipinski definition) is 1. The summed E-state index contributed by atoms with van der Waals surface area (Å²) >= 11 is 3.34. The molecule has 0 saturated heterocycles. The minimum absolute atomic E-state index is 0.149. The second-order valence-electron chi connectivity index (χ2n) is 7.72. The summed E-state index contributed by atoms with van der Waals surface area (Å²) in [4.78, 5) is 24.5. The number of hydrogen-bond acceptors (Lipinski definition) is 5. The number of carbonyl (C=O) groups is 2. The number of nitrogens with zero attached hydrogens (tertiary/aromatic N) is 1. The van der Waals surface area contributed by atoms with Crippen molar-refractivity contribution in [3.8, 4) is 11.5 Å². The van der Waals surface area contributed by atoms with Gasteiger partial charge in [-0.1, -0.05) is 50.2 Å². The van der Waals surface area contributed by atoms with Gasteiger partial charge in [-0.05, 0) is 75.8 Å². The third-order valence-electron chi connectivity index (χ3n) is 4.72. The average molecular weight is 509 g/mol. The number of amides is 1. The molecule has 0 aromatic heterocycles. The van der Waals surface area contributed by atoms with Gasteiger partial charge in [0, 0.05) is 4.47 Å². The lowest BCUT2D eigenvalue weighted by Crippen LogP contribution is -2.25. The van der Waals surface area contributed by atoms with Crippen LogP contribution in [0.5, 0.6) is 11.5 Å². The van der Waals surface area contributed by atoms with Crippen LogP contribution in [0.3, 0.4) is 0 Å². The van der Waals surface area contributed by atoms with Gasteiger partial charge in [-0.15, -0.1) is 0 Å². The van der Waals surface area contributed by atoms with Crippen LogP contribution in [0.25, 0.3) is 0 Å². The van der Waals surface area contributed by atoms with Crippen LogP contribution in [0.15, 0.2) is 76.3 Å². The van der Waals surface area contributed by atoms with E-state index in [0.717, 1.165) is 11.1 Å². The number of halogens is 1. The summed E-state index contributed by atoms with van der Waals surface area (Å²) in [5.74, 6) is 0.502. The Morgan fingerprint density at radius 3 is 2.61 bits per heavy atom. The Morgan fingerprint density at radius 2 is 1.85 bits per heavy atom. The Kier molecular flexibility index (Phi) is 8.38. The van der Waals surface area contributed by atoms with E-state index in [-0.39, 0.29) is 18.4 Å². The summed E-state index contributed by atoms with van der Waals surface area (Å²) in [6.07, 6.45) is 1.47. The van der Waals surface area contributed by atoms with Crippen LogP contribution in [-0.4, -0.2) is 24.7 Å². The predicted octanol–water partition coefficient (Wildman–Crippen LogP) is 5.63. The third kappa shape index (κ3) is 7.02. The summed E-state index contributed by atoms with van der Waals surface area (Å²) < 4.78 is 11.8. The minimum atomic E-state index is -0.473. The highest BCUT2D eigenvalue weighted by molar-refractivity contribution is 9.10. The third-order valence-corrected chi connectivity index (χ3v) is 5.41. The van der Waals surface area contributed by atoms with Crippen LogP contribution in [0, 0.1) is 6.92 Å². The number of nitrogens with one attached hydrogen (secondary N) is 1. The van der Waals surface area contributed by atoms with Crippen molar-refractivity contribution in [2.75, 3.05) is 6.61 Å². The molecule has 1 N–H and O–H groups in total. The molecule has 3 aromatic rings. The molecule has 0 radical (unpaired) electrons. The first kappa shape index (κ1) is 24.2. The van der Waals surface area contributed by atoms with Gasteiger partial charge in [-0.2, -0.15) is 5.10 Å². The van der Waals surface area contributed by atoms with Gasteiger partial charge in [0.1, 0.15) is 11.5 Å². The zero-order chi connectivity index (χ0) is 23.8. The monoisotopic (exact) mass is 508 g/mol. The number of benzene rings is 3. The van der Waals surface area contributed by atoms with Crippen LogP contribution < -0.4 is 14.9 Å². The molecule has 3 aromatic carbocycles. The molecule has 7 heteroatoms. The summed E-state index contributed by atoms with van der Waals surface area (Å²) in [5, 5.41) is 3.97. The normalized spacial score (nSPS) is 10.9. The van der Waals surface area contributed by atoms with Crippen molar-refractivity contribution in [2.45, 2.75) is 26.7 Å². The molecule has 6 nitrogen and oxygen atoms in total. The maximum atomic E-state index is 12.4. The van der Waals surface area contributed by atoms with Gasteiger partial charge in [0.25, 0.3) is 5.91 Å². The molecule has 170 valence electrons. The van der Waals surface area contributed by atoms with Crippen molar-refractivity contribution in [1.29, 1.82) is 0 Å². The van der Waals surface area contributed by atoms with Gasteiger partial charge in [-0.3, -0.25) is 4.79 Å². The van der Waals surface area contributed by atoms with E-state index >= 15 is 0 Å². The van der Waals surface area contributed by atoms with Crippen molar-refractivity contribution in [3.63, 3.8) is 0 Å². The van der Waals surface area contributed by atoms with Crippen molar-refractivity contribution < 1.29 is 19.1 Å². The molecule has 0 aliphatic heterocycles. The molecular formula is C26H25BrN2O4. The van der Waals surface area contributed by atoms with Crippen molar-refractivity contribution >= 4 is 34.0 Å². The average Bonchev–Trinajstić information content (AvgIpc) is 2.78. The van der Waals surface area contributed by atoms with E-state index in [1.54, 1.807) is 42.5 Å². The van der Waals surface area contributed by atoms with E-state index in [2.05, 4.69) is 40.3 Å². The molecule has 0 bridgehead atoms. The summed E-state index contributed by atoms with van der Waals surface area (Å²) in [7, 11) is 0. The second kappa shape index (κ2) is 11.4. The first-order valence-corrected chi connectivity index (χ1v) is 11.2. The highest BCUT2D eigenvalue weighted by Gasteiger charge is 2.12. The van der Waals surface area contributed by atoms with Crippen LogP contribution in [0.2, 0.25) is 0 Å². The molecule has 0 aliphatic carbocycles. The Bertz CT molecular complexity index is 1170. The molecule has 0 atom stereocenters. The lowest BCUT2D eigenvalue weighted by atomic mass is 10.0. The van der Waals surface area contributed by atoms with E-state index in [9.17, 15) is 9.59 Å². The van der Waals surface area contributed by atoms with E-state index in [1.807, 2.05) is 31.2 Å². The number of aryl methyl sites for hydroxylation is 1. The molecular weight excluding hydrogens is 484 g/mol. The predicted molar refractivity (Wildman–Crippen MR) is 132 cm³/mol. The lowest BCUT2D eigenvalue weighted by molar-refractivity contribution is -0.123. The number of hydrazone groups is 1. The summed E-state index contributed by atoms with van der Waals surface area (Å²) in [6.45, 7) is 5.98. The standard InChI is InChI=1S/C26H25BrN2O4/c1-17(2)21-12-11-18(3)13-24(21)32-16-25(30)29-28-15-19-7-6-8-20(14-19)33-26(31)22-9-4-5-10-23(22)27/h4-15,17H,16H2,1-3H3,(H,29,30)/b28-15-. The molecule has 0 heterocycles. The summed E-state index contributed by atoms with van der Waals surface area (Å²) in [5.41, 5.74) is 5.65. The van der Waals surface area contributed by atoms with E-state index in [4.69, 9.17) is 9.47 Å². The topological polar surface area (TPSA) is 77.0 Å². The van der Waals surface area contributed by atoms with Gasteiger partial charge < -0.3 is 9.47 Å². The molecule has 3 rings (SSSR count). The number of rotatable bonds is 8. The second-order valence-corrected chi connectivity index (χ2v) is 8.57. The molecule has 0 aliphatic rings. The van der Waals surface area contributed by atoms with Crippen LogP contribution in [0.4, 0.5) is 0 Å². The van der Waals surface area contributed by atoms with Gasteiger partial charge in [0.15, 0.2) is 6.61 Å².